The van der Waals surface area contributed by atoms with Gasteiger partial charge in [0, 0.05) is 6.20 Å². The second kappa shape index (κ2) is 4.21. The Balaban J connectivity index is 2.49. The van der Waals surface area contributed by atoms with Crippen LogP contribution in [0.4, 0.5) is 4.39 Å². The second-order valence-electron chi connectivity index (χ2n) is 3.40. The number of carbonyl (C=O) groups is 1. The molecule has 0 unspecified atom stereocenters. The lowest BCUT2D eigenvalue weighted by atomic mass is 10.1. The van der Waals surface area contributed by atoms with E-state index in [0.29, 0.717) is 11.1 Å². The van der Waals surface area contributed by atoms with Gasteiger partial charge in [-0.25, -0.2) is 14.2 Å². The summed E-state index contributed by atoms with van der Waals surface area (Å²) in [5.41, 5.74) is 0.887. The Morgan fingerprint density at radius 1 is 1.18 bits per heavy atom. The largest absolute Gasteiger partial charge is 0.505 e. The molecular formula is C12H8FNO3. The fourth-order valence-corrected chi connectivity index (χ4v) is 1.41. The van der Waals surface area contributed by atoms with Gasteiger partial charge in [-0.3, -0.25) is 0 Å². The van der Waals surface area contributed by atoms with E-state index in [1.54, 1.807) is 6.07 Å². The van der Waals surface area contributed by atoms with Crippen molar-refractivity contribution in [2.45, 2.75) is 0 Å². The number of pyridine rings is 1. The van der Waals surface area contributed by atoms with Gasteiger partial charge in [0.2, 0.25) is 0 Å². The second-order valence-corrected chi connectivity index (χ2v) is 3.40. The summed E-state index contributed by atoms with van der Waals surface area (Å²) >= 11 is 0. The predicted molar refractivity (Wildman–Crippen MR) is 58.3 cm³/mol. The quantitative estimate of drug-likeness (QED) is 0.834. The lowest BCUT2D eigenvalue weighted by Crippen LogP contribution is -1.99. The Kier molecular flexibility index (Phi) is 2.74. The molecule has 1 aromatic carbocycles. The van der Waals surface area contributed by atoms with E-state index in [1.807, 2.05) is 0 Å². The summed E-state index contributed by atoms with van der Waals surface area (Å²) in [6.07, 6.45) is 1.34. The molecule has 2 rings (SSSR count). The molecule has 1 aromatic heterocycles. The highest BCUT2D eigenvalue weighted by Crippen LogP contribution is 2.24. The maximum atomic E-state index is 13.1. The van der Waals surface area contributed by atoms with Gasteiger partial charge in [-0.1, -0.05) is 6.07 Å². The number of phenolic OH excluding ortho intramolecular Hbond substituents is 1. The van der Waals surface area contributed by atoms with Crippen molar-refractivity contribution in [3.05, 3.63) is 48.0 Å². The monoisotopic (exact) mass is 233 g/mol. The van der Waals surface area contributed by atoms with E-state index in [-0.39, 0.29) is 5.69 Å². The van der Waals surface area contributed by atoms with Crippen LogP contribution < -0.4 is 0 Å². The average molecular weight is 233 g/mol. The minimum atomic E-state index is -1.15. The third-order valence-corrected chi connectivity index (χ3v) is 2.26. The van der Waals surface area contributed by atoms with Gasteiger partial charge >= 0.3 is 5.97 Å². The number of aromatic hydroxyl groups is 1. The van der Waals surface area contributed by atoms with Crippen LogP contribution in [-0.4, -0.2) is 21.2 Å². The number of phenols is 1. The van der Waals surface area contributed by atoms with Gasteiger partial charge < -0.3 is 10.2 Å². The lowest BCUT2D eigenvalue weighted by Gasteiger charge is -2.03. The Morgan fingerprint density at radius 2 is 1.88 bits per heavy atom. The SMILES string of the molecule is O=C(O)c1cc(-c2ccc(O)c(F)c2)ccn1. The van der Waals surface area contributed by atoms with Crippen molar-refractivity contribution in [2.75, 3.05) is 0 Å². The van der Waals surface area contributed by atoms with Crippen molar-refractivity contribution in [3.8, 4) is 16.9 Å². The maximum Gasteiger partial charge on any atom is 0.354 e. The number of nitrogens with zero attached hydrogens (tertiary/aromatic N) is 1. The van der Waals surface area contributed by atoms with Crippen LogP contribution in [0, 0.1) is 5.82 Å². The molecule has 4 nitrogen and oxygen atoms in total. The van der Waals surface area contributed by atoms with Crippen LogP contribution >= 0.6 is 0 Å². The van der Waals surface area contributed by atoms with Gasteiger partial charge in [-0.15, -0.1) is 0 Å². The number of aromatic nitrogens is 1. The predicted octanol–water partition coefficient (Wildman–Crippen LogP) is 2.29. The first-order valence-electron chi connectivity index (χ1n) is 4.76. The minimum absolute atomic E-state index is 0.115. The molecule has 0 radical (unpaired) electrons. The highest BCUT2D eigenvalue weighted by Gasteiger charge is 2.08. The number of rotatable bonds is 2. The van der Waals surface area contributed by atoms with E-state index >= 15 is 0 Å². The molecule has 0 amide bonds. The van der Waals surface area contributed by atoms with Crippen molar-refractivity contribution in [1.82, 2.24) is 4.98 Å². The Morgan fingerprint density at radius 3 is 2.53 bits per heavy atom. The fraction of sp³-hybridized carbons (Fsp3) is 0. The molecule has 17 heavy (non-hydrogen) atoms. The molecule has 0 saturated carbocycles. The van der Waals surface area contributed by atoms with Crippen LogP contribution in [0.25, 0.3) is 11.1 Å². The van der Waals surface area contributed by atoms with Gasteiger partial charge in [-0.05, 0) is 35.4 Å². The van der Waals surface area contributed by atoms with Crippen LogP contribution in [0.2, 0.25) is 0 Å². The minimum Gasteiger partial charge on any atom is -0.505 e. The Bertz CT molecular complexity index is 584. The molecule has 1 heterocycles. The smallest absolute Gasteiger partial charge is 0.354 e. The summed E-state index contributed by atoms with van der Waals surface area (Å²) in [7, 11) is 0. The molecular weight excluding hydrogens is 225 g/mol. The molecule has 86 valence electrons. The van der Waals surface area contributed by atoms with E-state index in [9.17, 15) is 9.18 Å². The highest BCUT2D eigenvalue weighted by atomic mass is 19.1. The van der Waals surface area contributed by atoms with Crippen LogP contribution in [0.15, 0.2) is 36.5 Å². The van der Waals surface area contributed by atoms with Crippen LogP contribution in [0.3, 0.4) is 0 Å². The molecule has 2 aromatic rings. The van der Waals surface area contributed by atoms with E-state index < -0.39 is 17.5 Å². The van der Waals surface area contributed by atoms with Crippen LogP contribution in [-0.2, 0) is 0 Å². The molecule has 5 heteroatoms. The van der Waals surface area contributed by atoms with Crippen molar-refractivity contribution >= 4 is 5.97 Å². The highest BCUT2D eigenvalue weighted by molar-refractivity contribution is 5.87. The molecule has 0 aliphatic carbocycles. The number of carboxylic acid groups (broad SMARTS) is 1. The van der Waals surface area contributed by atoms with E-state index in [4.69, 9.17) is 10.2 Å². The first kappa shape index (κ1) is 11.1. The summed E-state index contributed by atoms with van der Waals surface area (Å²) in [5, 5.41) is 17.8. The Hall–Kier alpha value is -2.43. The summed E-state index contributed by atoms with van der Waals surface area (Å²) in [5.74, 6) is -2.34. The zero-order valence-corrected chi connectivity index (χ0v) is 8.59. The third kappa shape index (κ3) is 2.23. The van der Waals surface area contributed by atoms with Gasteiger partial charge in [0.25, 0.3) is 0 Å². The molecule has 0 bridgehead atoms. The molecule has 2 N–H and O–H groups in total. The summed E-state index contributed by atoms with van der Waals surface area (Å²) < 4.78 is 13.1. The van der Waals surface area contributed by atoms with E-state index in [1.165, 1.54) is 24.4 Å². The topological polar surface area (TPSA) is 70.4 Å². The lowest BCUT2D eigenvalue weighted by molar-refractivity contribution is 0.0690. The first-order valence-corrected chi connectivity index (χ1v) is 4.76. The van der Waals surface area contributed by atoms with Crippen LogP contribution in [0.1, 0.15) is 10.5 Å². The van der Waals surface area contributed by atoms with Gasteiger partial charge in [0.15, 0.2) is 11.6 Å². The molecule has 0 aliphatic rings. The normalized spacial score (nSPS) is 10.2. The third-order valence-electron chi connectivity index (χ3n) is 2.26. The van der Waals surface area contributed by atoms with Crippen molar-refractivity contribution in [1.29, 1.82) is 0 Å². The zero-order valence-electron chi connectivity index (χ0n) is 8.59. The van der Waals surface area contributed by atoms with E-state index in [0.717, 1.165) is 6.07 Å². The molecule has 0 fully saturated rings. The number of hydrogen-bond acceptors (Lipinski definition) is 3. The average Bonchev–Trinajstić information content (AvgIpc) is 2.33. The van der Waals surface area contributed by atoms with Crippen molar-refractivity contribution in [3.63, 3.8) is 0 Å². The summed E-state index contributed by atoms with van der Waals surface area (Å²) in [6, 6.07) is 6.76. The van der Waals surface area contributed by atoms with Crippen molar-refractivity contribution < 1.29 is 19.4 Å². The molecule has 0 aliphatic heterocycles. The number of halogens is 1. The Labute approximate surface area is 96.0 Å². The number of aromatic carboxylic acids is 1. The number of hydrogen-bond donors (Lipinski definition) is 2. The molecule has 0 spiro atoms. The number of benzene rings is 1. The van der Waals surface area contributed by atoms with Crippen LogP contribution in [0.5, 0.6) is 5.75 Å². The molecule has 0 saturated heterocycles. The first-order chi connectivity index (χ1) is 8.08. The number of carboxylic acids is 1. The standard InChI is InChI=1S/C12H8FNO3/c13-9-5-7(1-2-11(9)15)8-3-4-14-10(6-8)12(16)17/h1-6,15H,(H,16,17). The maximum absolute atomic E-state index is 13.1. The van der Waals surface area contributed by atoms with E-state index in [2.05, 4.69) is 4.98 Å². The summed E-state index contributed by atoms with van der Waals surface area (Å²) in [6.45, 7) is 0. The summed E-state index contributed by atoms with van der Waals surface area (Å²) in [4.78, 5) is 14.4. The fourth-order valence-electron chi connectivity index (χ4n) is 1.41. The van der Waals surface area contributed by atoms with Gasteiger partial charge in [-0.2, -0.15) is 0 Å². The zero-order chi connectivity index (χ0) is 12.4. The van der Waals surface area contributed by atoms with Gasteiger partial charge in [0.05, 0.1) is 0 Å². The molecule has 0 atom stereocenters. The van der Waals surface area contributed by atoms with Gasteiger partial charge in [0.1, 0.15) is 5.69 Å². The van der Waals surface area contributed by atoms with Crippen molar-refractivity contribution in [2.24, 2.45) is 0 Å².